The van der Waals surface area contributed by atoms with E-state index in [4.69, 9.17) is 37.4 Å². The number of nitrogens with zero attached hydrogens (tertiary/aromatic N) is 1. The Kier molecular flexibility index (Phi) is 6.87. The van der Waals surface area contributed by atoms with Crippen LogP contribution < -0.4 is 4.74 Å². The molecule has 1 aliphatic heterocycles. The molecule has 150 valence electrons. The van der Waals surface area contributed by atoms with Crippen molar-refractivity contribution in [2.24, 2.45) is 0 Å². The van der Waals surface area contributed by atoms with Gasteiger partial charge < -0.3 is 14.2 Å². The molecule has 0 aliphatic carbocycles. The van der Waals surface area contributed by atoms with Crippen LogP contribution in [0, 0.1) is 0 Å². The fourth-order valence-electron chi connectivity index (χ4n) is 3.23. The number of amides is 1. The van der Waals surface area contributed by atoms with Crippen molar-refractivity contribution in [3.8, 4) is 5.75 Å². The topological polar surface area (TPSA) is 65.1 Å². The van der Waals surface area contributed by atoms with E-state index in [1.165, 1.54) is 12.0 Å². The molecule has 0 unspecified atom stereocenters. The van der Waals surface area contributed by atoms with Crippen molar-refractivity contribution >= 4 is 35.3 Å². The molecule has 0 N–H and O–H groups in total. The van der Waals surface area contributed by atoms with E-state index in [1.807, 2.05) is 0 Å². The molecule has 0 spiro atoms. The highest BCUT2D eigenvalue weighted by Gasteiger charge is 2.40. The van der Waals surface area contributed by atoms with Crippen molar-refractivity contribution in [1.29, 1.82) is 0 Å². The maximum atomic E-state index is 12.6. The van der Waals surface area contributed by atoms with Crippen LogP contribution in [0.5, 0.6) is 5.75 Å². The van der Waals surface area contributed by atoms with Crippen LogP contribution in [0.3, 0.4) is 0 Å². The van der Waals surface area contributed by atoms with Crippen LogP contribution in [-0.4, -0.2) is 49.4 Å². The van der Waals surface area contributed by atoms with Crippen molar-refractivity contribution in [1.82, 2.24) is 4.90 Å². The number of hydrogen-bond acceptors (Lipinski definition) is 5. The van der Waals surface area contributed by atoms with Gasteiger partial charge in [0.25, 0.3) is 0 Å². The minimum absolute atomic E-state index is 0.117. The highest BCUT2D eigenvalue weighted by Crippen LogP contribution is 2.43. The molecular weight excluding hydrogens is 393 g/mol. The molecule has 27 heavy (non-hydrogen) atoms. The van der Waals surface area contributed by atoms with Crippen molar-refractivity contribution in [2.45, 2.75) is 51.2 Å². The van der Waals surface area contributed by atoms with E-state index in [2.05, 4.69) is 0 Å². The standard InChI is InChI=1S/C19H25Cl2NO5/c1-19(2,3)27-18(24)22-9-8-11(10-13(22)17(23)26-5)15-14(25-4)7-6-12(20)16(15)21/h6-7,11,13H,8-10H2,1-5H3/t11-,13+/m1/s1. The average molecular weight is 418 g/mol. The molecule has 1 aromatic rings. The number of rotatable bonds is 3. The monoisotopic (exact) mass is 417 g/mol. The predicted octanol–water partition coefficient (Wildman–Crippen LogP) is 4.66. The number of carbonyl (C=O) groups excluding carboxylic acids is 2. The first-order chi connectivity index (χ1) is 12.6. The Balaban J connectivity index is 2.33. The van der Waals surface area contributed by atoms with Crippen molar-refractivity contribution in [3.63, 3.8) is 0 Å². The molecule has 0 bridgehead atoms. The van der Waals surface area contributed by atoms with Crippen LogP contribution in [0.4, 0.5) is 4.79 Å². The summed E-state index contributed by atoms with van der Waals surface area (Å²) in [7, 11) is 2.85. The second-order valence-electron chi connectivity index (χ2n) is 7.41. The highest BCUT2D eigenvalue weighted by atomic mass is 35.5. The number of esters is 1. The summed E-state index contributed by atoms with van der Waals surface area (Å²) in [5, 5.41) is 0.812. The third kappa shape index (κ3) is 4.99. The molecule has 2 rings (SSSR count). The van der Waals surface area contributed by atoms with Gasteiger partial charge in [0.2, 0.25) is 0 Å². The Morgan fingerprint density at radius 2 is 1.85 bits per heavy atom. The molecule has 1 aromatic carbocycles. The quantitative estimate of drug-likeness (QED) is 0.669. The molecular formula is C19H25Cl2NO5. The van der Waals surface area contributed by atoms with Gasteiger partial charge in [-0.1, -0.05) is 23.2 Å². The molecule has 1 amide bonds. The van der Waals surface area contributed by atoms with Gasteiger partial charge in [0.1, 0.15) is 17.4 Å². The summed E-state index contributed by atoms with van der Waals surface area (Å²) in [5.41, 5.74) is 0.0815. The van der Waals surface area contributed by atoms with Crippen LogP contribution in [0.1, 0.15) is 45.1 Å². The van der Waals surface area contributed by atoms with E-state index >= 15 is 0 Å². The van der Waals surface area contributed by atoms with Crippen molar-refractivity contribution < 1.29 is 23.8 Å². The number of hydrogen-bond donors (Lipinski definition) is 0. The predicted molar refractivity (Wildman–Crippen MR) is 104 cm³/mol. The van der Waals surface area contributed by atoms with Crippen LogP contribution in [0.2, 0.25) is 10.0 Å². The number of likely N-dealkylation sites (tertiary alicyclic amines) is 1. The van der Waals surface area contributed by atoms with Gasteiger partial charge >= 0.3 is 12.1 Å². The highest BCUT2D eigenvalue weighted by molar-refractivity contribution is 6.42. The zero-order chi connectivity index (χ0) is 20.4. The lowest BCUT2D eigenvalue weighted by Crippen LogP contribution is -2.51. The van der Waals surface area contributed by atoms with Crippen LogP contribution in [-0.2, 0) is 14.3 Å². The van der Waals surface area contributed by atoms with Crippen molar-refractivity contribution in [3.05, 3.63) is 27.7 Å². The Morgan fingerprint density at radius 3 is 2.41 bits per heavy atom. The number of ether oxygens (including phenoxy) is 3. The molecule has 2 atom stereocenters. The zero-order valence-electron chi connectivity index (χ0n) is 16.2. The third-order valence-corrected chi connectivity index (χ3v) is 5.24. The zero-order valence-corrected chi connectivity index (χ0v) is 17.7. The first kappa shape index (κ1) is 21.6. The first-order valence-electron chi connectivity index (χ1n) is 8.68. The normalized spacial score (nSPS) is 20.2. The molecule has 1 aliphatic rings. The second-order valence-corrected chi connectivity index (χ2v) is 8.20. The Labute approximate surface area is 169 Å². The molecule has 6 nitrogen and oxygen atoms in total. The fraction of sp³-hybridized carbons (Fsp3) is 0.579. The van der Waals surface area contributed by atoms with Crippen LogP contribution in [0.15, 0.2) is 12.1 Å². The molecule has 1 heterocycles. The largest absolute Gasteiger partial charge is 0.496 e. The summed E-state index contributed by atoms with van der Waals surface area (Å²) < 4.78 is 15.8. The van der Waals surface area contributed by atoms with Gasteiger partial charge in [0.05, 0.1) is 24.3 Å². The molecule has 0 saturated carbocycles. The smallest absolute Gasteiger partial charge is 0.411 e. The minimum Gasteiger partial charge on any atom is -0.496 e. The van der Waals surface area contributed by atoms with Crippen molar-refractivity contribution in [2.75, 3.05) is 20.8 Å². The minimum atomic E-state index is -0.775. The summed E-state index contributed by atoms with van der Waals surface area (Å²) in [6, 6.07) is 2.64. The van der Waals surface area contributed by atoms with E-state index < -0.39 is 23.7 Å². The van der Waals surface area contributed by atoms with Gasteiger partial charge in [-0.05, 0) is 51.7 Å². The first-order valence-corrected chi connectivity index (χ1v) is 9.44. The number of benzene rings is 1. The van der Waals surface area contributed by atoms with Gasteiger partial charge in [-0.3, -0.25) is 4.90 Å². The maximum Gasteiger partial charge on any atom is 0.411 e. The summed E-state index contributed by atoms with van der Waals surface area (Å²) in [5.74, 6) is -0.0136. The van der Waals surface area contributed by atoms with E-state index in [9.17, 15) is 9.59 Å². The van der Waals surface area contributed by atoms with Crippen LogP contribution >= 0.6 is 23.2 Å². The van der Waals surface area contributed by atoms with Gasteiger partial charge in [-0.25, -0.2) is 9.59 Å². The number of piperidine rings is 1. The maximum absolute atomic E-state index is 12.6. The van der Waals surface area contributed by atoms with E-state index in [0.29, 0.717) is 35.2 Å². The lowest BCUT2D eigenvalue weighted by atomic mass is 9.84. The Hall–Kier alpha value is -1.66. The fourth-order valence-corrected chi connectivity index (χ4v) is 3.71. The van der Waals surface area contributed by atoms with E-state index in [-0.39, 0.29) is 5.92 Å². The SMILES string of the molecule is COC(=O)[C@@H]1C[C@H](c2c(OC)ccc(Cl)c2Cl)CCN1C(=O)OC(C)(C)C. The molecule has 1 fully saturated rings. The number of carbonyl (C=O) groups is 2. The average Bonchev–Trinajstić information content (AvgIpc) is 2.61. The lowest BCUT2D eigenvalue weighted by molar-refractivity contribution is -0.148. The molecule has 8 heteroatoms. The summed E-state index contributed by atoms with van der Waals surface area (Å²) >= 11 is 12.6. The van der Waals surface area contributed by atoms with Crippen LogP contribution in [0.25, 0.3) is 0 Å². The second kappa shape index (κ2) is 8.57. The molecule has 1 saturated heterocycles. The lowest BCUT2D eigenvalue weighted by Gasteiger charge is -2.39. The van der Waals surface area contributed by atoms with Gasteiger partial charge in [0, 0.05) is 12.1 Å². The van der Waals surface area contributed by atoms with Gasteiger partial charge in [-0.15, -0.1) is 0 Å². The van der Waals surface area contributed by atoms with E-state index in [0.717, 1.165) is 5.56 Å². The summed E-state index contributed by atoms with van der Waals surface area (Å²) in [6.07, 6.45) is 0.381. The summed E-state index contributed by atoms with van der Waals surface area (Å²) in [6.45, 7) is 5.66. The third-order valence-electron chi connectivity index (χ3n) is 4.42. The summed E-state index contributed by atoms with van der Waals surface area (Å²) in [4.78, 5) is 26.3. The Morgan fingerprint density at radius 1 is 1.19 bits per heavy atom. The number of halogens is 2. The van der Waals surface area contributed by atoms with E-state index in [1.54, 1.807) is 40.0 Å². The van der Waals surface area contributed by atoms with Gasteiger partial charge in [0.15, 0.2) is 0 Å². The molecule has 0 radical (unpaired) electrons. The van der Waals surface area contributed by atoms with Gasteiger partial charge in [-0.2, -0.15) is 0 Å². The number of methoxy groups -OCH3 is 2. The Bertz CT molecular complexity index is 717. The molecule has 0 aromatic heterocycles.